The maximum atomic E-state index is 13.2. The first-order valence-electron chi connectivity index (χ1n) is 6.59. The van der Waals surface area contributed by atoms with Gasteiger partial charge in [-0.1, -0.05) is 0 Å². The van der Waals surface area contributed by atoms with Gasteiger partial charge in [-0.2, -0.15) is 11.3 Å². The van der Waals surface area contributed by atoms with Crippen LogP contribution in [0.4, 0.5) is 8.78 Å². The van der Waals surface area contributed by atoms with Crippen molar-refractivity contribution in [2.24, 2.45) is 0 Å². The number of hydrogen-bond donors (Lipinski definition) is 1. The molecule has 2 aliphatic heterocycles. The third-order valence-electron chi connectivity index (χ3n) is 3.70. The zero-order valence-corrected chi connectivity index (χ0v) is 11.7. The lowest BCUT2D eigenvalue weighted by Crippen LogP contribution is -2.49. The van der Waals surface area contributed by atoms with E-state index in [1.807, 2.05) is 16.8 Å². The van der Waals surface area contributed by atoms with Crippen LogP contribution < -0.4 is 5.32 Å². The van der Waals surface area contributed by atoms with Gasteiger partial charge in [0.25, 0.3) is 5.92 Å². The Kier molecular flexibility index (Phi) is 3.74. The smallest absolute Gasteiger partial charge is 0.262 e. The molecule has 7 heteroatoms. The average molecular weight is 302 g/mol. The summed E-state index contributed by atoms with van der Waals surface area (Å²) in [5, 5.41) is 6.56. The molecule has 0 aliphatic carbocycles. The summed E-state index contributed by atoms with van der Waals surface area (Å²) in [4.78, 5) is 13.9. The largest absolute Gasteiger partial charge is 0.370 e. The van der Waals surface area contributed by atoms with Crippen LogP contribution in [0.15, 0.2) is 16.8 Å². The minimum atomic E-state index is -2.78. The number of carbonyl (C=O) groups excluding carboxylic acids is 1. The van der Waals surface area contributed by atoms with Gasteiger partial charge in [0.15, 0.2) is 0 Å². The highest BCUT2D eigenvalue weighted by Crippen LogP contribution is 2.28. The third kappa shape index (κ3) is 2.84. The lowest BCUT2D eigenvalue weighted by atomic mass is 10.1. The summed E-state index contributed by atoms with van der Waals surface area (Å²) < 4.78 is 32.0. The molecule has 4 nitrogen and oxygen atoms in total. The molecule has 110 valence electrons. The Balaban J connectivity index is 1.64. The maximum absolute atomic E-state index is 13.2. The summed E-state index contributed by atoms with van der Waals surface area (Å²) in [6, 6.07) is 1.19. The molecule has 0 saturated carbocycles. The zero-order chi connectivity index (χ0) is 14.2. The number of morpholine rings is 1. The van der Waals surface area contributed by atoms with E-state index in [2.05, 4.69) is 5.32 Å². The summed E-state index contributed by atoms with van der Waals surface area (Å²) in [5.74, 6) is -3.02. The predicted octanol–water partition coefficient (Wildman–Crippen LogP) is 1.65. The van der Waals surface area contributed by atoms with Crippen LogP contribution in [0.3, 0.4) is 0 Å². The molecule has 0 aromatic carbocycles. The van der Waals surface area contributed by atoms with Gasteiger partial charge < -0.3 is 9.64 Å². The van der Waals surface area contributed by atoms with Crippen LogP contribution in [0.5, 0.6) is 0 Å². The van der Waals surface area contributed by atoms with Gasteiger partial charge in [-0.05, 0) is 22.4 Å². The highest BCUT2D eigenvalue weighted by Gasteiger charge is 2.44. The topological polar surface area (TPSA) is 41.6 Å². The summed E-state index contributed by atoms with van der Waals surface area (Å²) in [7, 11) is 0. The fourth-order valence-electron chi connectivity index (χ4n) is 2.62. The first kappa shape index (κ1) is 13.9. The quantitative estimate of drug-likeness (QED) is 0.903. The van der Waals surface area contributed by atoms with E-state index >= 15 is 0 Å². The van der Waals surface area contributed by atoms with Crippen LogP contribution in [-0.2, 0) is 9.53 Å². The van der Waals surface area contributed by atoms with Gasteiger partial charge in [0.1, 0.15) is 6.10 Å². The average Bonchev–Trinajstić information content (AvgIpc) is 3.07. The standard InChI is InChI=1S/C13H16F2N2O2S/c14-13(15)5-10(16-8-13)12(18)17-2-3-19-11(6-17)9-1-4-20-7-9/h1,4,7,10-11,16H,2-3,5-6,8H2. The van der Waals surface area contributed by atoms with Gasteiger partial charge in [0, 0.05) is 13.0 Å². The van der Waals surface area contributed by atoms with Crippen molar-refractivity contribution in [3.05, 3.63) is 22.4 Å². The SMILES string of the molecule is O=C(C1CC(F)(F)CN1)N1CCOC(c2ccsc2)C1. The van der Waals surface area contributed by atoms with Gasteiger partial charge in [0.2, 0.25) is 5.91 Å². The molecule has 1 N–H and O–H groups in total. The monoisotopic (exact) mass is 302 g/mol. The van der Waals surface area contributed by atoms with Crippen LogP contribution in [-0.4, -0.2) is 49.0 Å². The van der Waals surface area contributed by atoms with Gasteiger partial charge >= 0.3 is 0 Å². The fourth-order valence-corrected chi connectivity index (χ4v) is 3.32. The maximum Gasteiger partial charge on any atom is 0.262 e. The van der Waals surface area contributed by atoms with E-state index in [1.165, 1.54) is 0 Å². The van der Waals surface area contributed by atoms with Crippen molar-refractivity contribution in [3.8, 4) is 0 Å². The molecule has 2 aliphatic rings. The second-order valence-electron chi connectivity index (χ2n) is 5.19. The number of nitrogens with one attached hydrogen (secondary N) is 1. The van der Waals surface area contributed by atoms with Crippen molar-refractivity contribution < 1.29 is 18.3 Å². The van der Waals surface area contributed by atoms with Crippen molar-refractivity contribution in [1.29, 1.82) is 0 Å². The lowest BCUT2D eigenvalue weighted by Gasteiger charge is -2.34. The van der Waals surface area contributed by atoms with Crippen LogP contribution in [0.2, 0.25) is 0 Å². The molecule has 2 saturated heterocycles. The molecule has 0 spiro atoms. The second-order valence-corrected chi connectivity index (χ2v) is 5.97. The highest BCUT2D eigenvalue weighted by atomic mass is 32.1. The molecule has 20 heavy (non-hydrogen) atoms. The van der Waals surface area contributed by atoms with Gasteiger partial charge in [0.05, 0.1) is 25.7 Å². The Labute approximate surface area is 119 Å². The van der Waals surface area contributed by atoms with Crippen molar-refractivity contribution >= 4 is 17.2 Å². The number of carbonyl (C=O) groups is 1. The van der Waals surface area contributed by atoms with Crippen LogP contribution in [0.1, 0.15) is 18.1 Å². The molecule has 1 aromatic heterocycles. The van der Waals surface area contributed by atoms with Gasteiger partial charge in [-0.25, -0.2) is 8.78 Å². The van der Waals surface area contributed by atoms with Gasteiger partial charge in [-0.3, -0.25) is 10.1 Å². The van der Waals surface area contributed by atoms with Crippen LogP contribution in [0, 0.1) is 0 Å². The van der Waals surface area contributed by atoms with Crippen LogP contribution >= 0.6 is 11.3 Å². The van der Waals surface area contributed by atoms with E-state index in [0.29, 0.717) is 19.7 Å². The molecule has 0 bridgehead atoms. The Morgan fingerprint density at radius 3 is 3.05 bits per heavy atom. The summed E-state index contributed by atoms with van der Waals surface area (Å²) in [6.45, 7) is 0.916. The Bertz CT molecular complexity index is 481. The first-order chi connectivity index (χ1) is 9.55. The molecule has 2 fully saturated rings. The number of nitrogens with zero attached hydrogens (tertiary/aromatic N) is 1. The minimum Gasteiger partial charge on any atom is -0.370 e. The molecule has 0 radical (unpaired) electrons. The zero-order valence-electron chi connectivity index (χ0n) is 10.9. The number of amides is 1. The molecule has 3 rings (SSSR count). The normalized spacial score (nSPS) is 29.6. The van der Waals surface area contributed by atoms with E-state index in [9.17, 15) is 13.6 Å². The van der Waals surface area contributed by atoms with E-state index < -0.39 is 24.9 Å². The predicted molar refractivity (Wildman–Crippen MR) is 70.9 cm³/mol. The lowest BCUT2D eigenvalue weighted by molar-refractivity contribution is -0.141. The number of hydrogen-bond acceptors (Lipinski definition) is 4. The molecule has 2 atom stereocenters. The Hall–Kier alpha value is -1.05. The molecule has 3 heterocycles. The van der Waals surface area contributed by atoms with Crippen molar-refractivity contribution in [1.82, 2.24) is 10.2 Å². The minimum absolute atomic E-state index is 0.152. The van der Waals surface area contributed by atoms with Crippen LogP contribution in [0.25, 0.3) is 0 Å². The van der Waals surface area contributed by atoms with Crippen molar-refractivity contribution in [2.45, 2.75) is 24.5 Å². The molecule has 2 unspecified atom stereocenters. The Morgan fingerprint density at radius 1 is 1.55 bits per heavy atom. The number of halogens is 2. The Morgan fingerprint density at radius 2 is 2.40 bits per heavy atom. The second kappa shape index (κ2) is 5.38. The molecule has 1 aromatic rings. The van der Waals surface area contributed by atoms with E-state index in [1.54, 1.807) is 16.2 Å². The highest BCUT2D eigenvalue weighted by molar-refractivity contribution is 7.07. The van der Waals surface area contributed by atoms with E-state index in [0.717, 1.165) is 5.56 Å². The summed E-state index contributed by atoms with van der Waals surface area (Å²) >= 11 is 1.57. The number of alkyl halides is 2. The molecule has 1 amide bonds. The van der Waals surface area contributed by atoms with E-state index in [4.69, 9.17) is 4.74 Å². The summed E-state index contributed by atoms with van der Waals surface area (Å²) in [5.41, 5.74) is 1.04. The molecular weight excluding hydrogens is 286 g/mol. The van der Waals surface area contributed by atoms with E-state index in [-0.39, 0.29) is 12.0 Å². The molecular formula is C13H16F2N2O2S. The van der Waals surface area contributed by atoms with Crippen molar-refractivity contribution in [2.75, 3.05) is 26.2 Å². The fraction of sp³-hybridized carbons (Fsp3) is 0.615. The summed E-state index contributed by atoms with van der Waals surface area (Å²) in [6.07, 6.45) is -0.562. The van der Waals surface area contributed by atoms with Crippen molar-refractivity contribution in [3.63, 3.8) is 0 Å². The van der Waals surface area contributed by atoms with Gasteiger partial charge in [-0.15, -0.1) is 0 Å². The number of thiophene rings is 1. The first-order valence-corrected chi connectivity index (χ1v) is 7.53. The number of ether oxygens (including phenoxy) is 1. The number of rotatable bonds is 2. The third-order valence-corrected chi connectivity index (χ3v) is 4.40.